The Morgan fingerprint density at radius 3 is 2.44 bits per heavy atom. The monoisotopic (exact) mass is 242 g/mol. The molecule has 94 valence electrons. The highest BCUT2D eigenvalue weighted by molar-refractivity contribution is 5.33. The average Bonchev–Trinajstić information content (AvgIpc) is 2.38. The zero-order valence-electron chi connectivity index (χ0n) is 10.5. The fourth-order valence-electron chi connectivity index (χ4n) is 1.76. The molecule has 2 heteroatoms. The predicted molar refractivity (Wildman–Crippen MR) is 73.0 cm³/mol. The number of aliphatic hydroxyl groups excluding tert-OH is 1. The molecule has 0 amide bonds. The maximum Gasteiger partial charge on any atom is 0.127 e. The van der Waals surface area contributed by atoms with Crippen molar-refractivity contribution in [1.29, 1.82) is 0 Å². The van der Waals surface area contributed by atoms with Crippen molar-refractivity contribution in [2.45, 2.75) is 25.9 Å². The molecular formula is C16H18O2. The van der Waals surface area contributed by atoms with E-state index >= 15 is 0 Å². The van der Waals surface area contributed by atoms with Gasteiger partial charge in [0.05, 0.1) is 6.10 Å². The van der Waals surface area contributed by atoms with E-state index < -0.39 is 0 Å². The Morgan fingerprint density at radius 2 is 1.72 bits per heavy atom. The van der Waals surface area contributed by atoms with Gasteiger partial charge in [-0.1, -0.05) is 30.3 Å². The molecule has 1 unspecified atom stereocenters. The van der Waals surface area contributed by atoms with Gasteiger partial charge in [-0.3, -0.25) is 0 Å². The second-order valence-corrected chi connectivity index (χ2v) is 4.45. The topological polar surface area (TPSA) is 29.5 Å². The predicted octanol–water partition coefficient (Wildman–Crippen LogP) is 3.79. The van der Waals surface area contributed by atoms with Crippen LogP contribution in [0.1, 0.15) is 18.9 Å². The molecule has 0 aliphatic carbocycles. The van der Waals surface area contributed by atoms with Crippen LogP contribution in [-0.4, -0.2) is 11.2 Å². The minimum Gasteiger partial charge on any atom is -0.457 e. The van der Waals surface area contributed by atoms with E-state index in [0.717, 1.165) is 24.3 Å². The van der Waals surface area contributed by atoms with Gasteiger partial charge in [0, 0.05) is 0 Å². The molecule has 1 atom stereocenters. The maximum atomic E-state index is 9.29. The van der Waals surface area contributed by atoms with Crippen molar-refractivity contribution in [2.24, 2.45) is 0 Å². The maximum absolute atomic E-state index is 9.29. The molecule has 0 fully saturated rings. The summed E-state index contributed by atoms with van der Waals surface area (Å²) >= 11 is 0. The van der Waals surface area contributed by atoms with Crippen LogP contribution in [0.25, 0.3) is 0 Å². The molecule has 1 N–H and O–H groups in total. The van der Waals surface area contributed by atoms with Gasteiger partial charge in [0.25, 0.3) is 0 Å². The fraction of sp³-hybridized carbons (Fsp3) is 0.250. The molecule has 2 nitrogen and oxygen atoms in total. The number of hydrogen-bond acceptors (Lipinski definition) is 2. The zero-order chi connectivity index (χ0) is 12.8. The molecule has 0 saturated heterocycles. The van der Waals surface area contributed by atoms with Crippen molar-refractivity contribution in [1.82, 2.24) is 0 Å². The zero-order valence-corrected chi connectivity index (χ0v) is 10.5. The standard InChI is InChI=1S/C16H18O2/c1-13(17)10-11-14-6-5-9-16(12-14)18-15-7-3-2-4-8-15/h2-9,12-13,17H,10-11H2,1H3. The highest BCUT2D eigenvalue weighted by Crippen LogP contribution is 2.22. The van der Waals surface area contributed by atoms with E-state index in [-0.39, 0.29) is 6.10 Å². The minimum atomic E-state index is -0.260. The molecule has 0 heterocycles. The average molecular weight is 242 g/mol. The second-order valence-electron chi connectivity index (χ2n) is 4.45. The van der Waals surface area contributed by atoms with Crippen LogP contribution in [0.4, 0.5) is 0 Å². The van der Waals surface area contributed by atoms with Crippen molar-refractivity contribution in [3.05, 3.63) is 60.2 Å². The van der Waals surface area contributed by atoms with Crippen LogP contribution in [-0.2, 0) is 6.42 Å². The van der Waals surface area contributed by atoms with Crippen LogP contribution in [0.3, 0.4) is 0 Å². The molecule has 0 saturated carbocycles. The molecule has 0 spiro atoms. The fourth-order valence-corrected chi connectivity index (χ4v) is 1.76. The highest BCUT2D eigenvalue weighted by Gasteiger charge is 2.01. The van der Waals surface area contributed by atoms with Crippen LogP contribution < -0.4 is 4.74 Å². The molecule has 0 bridgehead atoms. The Bertz CT molecular complexity index is 477. The summed E-state index contributed by atoms with van der Waals surface area (Å²) in [5, 5.41) is 9.29. The van der Waals surface area contributed by atoms with Gasteiger partial charge in [-0.15, -0.1) is 0 Å². The van der Waals surface area contributed by atoms with Crippen molar-refractivity contribution in [2.75, 3.05) is 0 Å². The molecule has 2 aromatic rings. The lowest BCUT2D eigenvalue weighted by atomic mass is 10.1. The van der Waals surface area contributed by atoms with Gasteiger partial charge in [0.15, 0.2) is 0 Å². The van der Waals surface area contributed by atoms with Gasteiger partial charge in [-0.25, -0.2) is 0 Å². The Kier molecular flexibility index (Phi) is 4.37. The van der Waals surface area contributed by atoms with Gasteiger partial charge in [0.1, 0.15) is 11.5 Å². The van der Waals surface area contributed by atoms with E-state index in [1.807, 2.05) is 55.5 Å². The molecule has 0 aromatic heterocycles. The number of hydrogen-bond donors (Lipinski definition) is 1. The summed E-state index contributed by atoms with van der Waals surface area (Å²) in [6.45, 7) is 1.81. The van der Waals surface area contributed by atoms with Crippen molar-refractivity contribution in [3.8, 4) is 11.5 Å². The largest absolute Gasteiger partial charge is 0.457 e. The van der Waals surface area contributed by atoms with Gasteiger partial charge in [-0.05, 0) is 49.6 Å². The lowest BCUT2D eigenvalue weighted by Gasteiger charge is -2.08. The summed E-state index contributed by atoms with van der Waals surface area (Å²) in [6, 6.07) is 17.7. The van der Waals surface area contributed by atoms with Crippen molar-refractivity contribution in [3.63, 3.8) is 0 Å². The van der Waals surface area contributed by atoms with Crippen molar-refractivity contribution >= 4 is 0 Å². The molecule has 2 aromatic carbocycles. The van der Waals surface area contributed by atoms with Crippen LogP contribution in [0.2, 0.25) is 0 Å². The molecule has 0 aliphatic rings. The van der Waals surface area contributed by atoms with E-state index in [0.29, 0.717) is 0 Å². The van der Waals surface area contributed by atoms with Crippen LogP contribution in [0.5, 0.6) is 11.5 Å². The first-order chi connectivity index (χ1) is 8.74. The summed E-state index contributed by atoms with van der Waals surface area (Å²) < 4.78 is 5.76. The lowest BCUT2D eigenvalue weighted by molar-refractivity contribution is 0.185. The Hall–Kier alpha value is -1.80. The summed E-state index contributed by atoms with van der Waals surface area (Å²) in [5.41, 5.74) is 1.18. The van der Waals surface area contributed by atoms with E-state index in [1.54, 1.807) is 0 Å². The first kappa shape index (κ1) is 12.7. The smallest absolute Gasteiger partial charge is 0.127 e. The van der Waals surface area contributed by atoms with Gasteiger partial charge in [0.2, 0.25) is 0 Å². The molecule has 0 radical (unpaired) electrons. The van der Waals surface area contributed by atoms with Gasteiger partial charge >= 0.3 is 0 Å². The minimum absolute atomic E-state index is 0.260. The normalized spacial score (nSPS) is 12.1. The van der Waals surface area contributed by atoms with Crippen molar-refractivity contribution < 1.29 is 9.84 Å². The lowest BCUT2D eigenvalue weighted by Crippen LogP contribution is -2.01. The van der Waals surface area contributed by atoms with Crippen LogP contribution in [0.15, 0.2) is 54.6 Å². The Labute approximate surface area is 108 Å². The quantitative estimate of drug-likeness (QED) is 0.864. The summed E-state index contributed by atoms with van der Waals surface area (Å²) in [5.74, 6) is 1.68. The summed E-state index contributed by atoms with van der Waals surface area (Å²) in [7, 11) is 0. The number of ether oxygens (including phenoxy) is 1. The highest BCUT2D eigenvalue weighted by atomic mass is 16.5. The first-order valence-corrected chi connectivity index (χ1v) is 6.24. The first-order valence-electron chi connectivity index (χ1n) is 6.24. The Balaban J connectivity index is 2.03. The molecule has 18 heavy (non-hydrogen) atoms. The van der Waals surface area contributed by atoms with E-state index in [4.69, 9.17) is 4.74 Å². The number of aliphatic hydroxyl groups is 1. The molecule has 0 aliphatic heterocycles. The summed E-state index contributed by atoms with van der Waals surface area (Å²) in [4.78, 5) is 0. The third-order valence-corrected chi connectivity index (χ3v) is 2.73. The SMILES string of the molecule is CC(O)CCc1cccc(Oc2ccccc2)c1. The van der Waals surface area contributed by atoms with Gasteiger partial charge in [-0.2, -0.15) is 0 Å². The number of para-hydroxylation sites is 1. The number of benzene rings is 2. The van der Waals surface area contributed by atoms with Crippen LogP contribution in [0, 0.1) is 0 Å². The van der Waals surface area contributed by atoms with E-state index in [9.17, 15) is 5.11 Å². The number of rotatable bonds is 5. The molecular weight excluding hydrogens is 224 g/mol. The van der Waals surface area contributed by atoms with E-state index in [1.165, 1.54) is 5.56 Å². The third-order valence-electron chi connectivity index (χ3n) is 2.73. The van der Waals surface area contributed by atoms with Crippen LogP contribution >= 0.6 is 0 Å². The second kappa shape index (κ2) is 6.22. The third kappa shape index (κ3) is 3.90. The molecule has 2 rings (SSSR count). The Morgan fingerprint density at radius 1 is 1.00 bits per heavy atom. The van der Waals surface area contributed by atoms with E-state index in [2.05, 4.69) is 6.07 Å². The van der Waals surface area contributed by atoms with Gasteiger partial charge < -0.3 is 9.84 Å². The summed E-state index contributed by atoms with van der Waals surface area (Å²) in [6.07, 6.45) is 1.38. The number of aryl methyl sites for hydroxylation is 1.